The average Bonchev–Trinajstić information content (AvgIpc) is 2.71. The number of fused-ring (bicyclic) bond motifs is 1. The number of aldehydes is 1. The van der Waals surface area contributed by atoms with Crippen LogP contribution in [-0.4, -0.2) is 30.0 Å². The molecular weight excluding hydrogens is 250 g/mol. The first-order valence-electron chi connectivity index (χ1n) is 7.19. The Hall–Kier alpha value is -2.10. The largest absolute Gasteiger partial charge is 0.368 e. The fraction of sp³-hybridized carbons (Fsp3) is 0.375. The van der Waals surface area contributed by atoms with E-state index in [0.717, 1.165) is 30.5 Å². The van der Waals surface area contributed by atoms with Gasteiger partial charge in [0.25, 0.3) is 0 Å². The molecule has 0 bridgehead atoms. The molecular formula is C16H19N3O. The highest BCUT2D eigenvalue weighted by molar-refractivity contribution is 5.89. The van der Waals surface area contributed by atoms with E-state index in [1.54, 1.807) is 6.21 Å². The van der Waals surface area contributed by atoms with Crippen LogP contribution in [-0.2, 0) is 4.79 Å². The Labute approximate surface area is 119 Å². The Morgan fingerprint density at radius 1 is 1.35 bits per heavy atom. The molecule has 1 saturated heterocycles. The number of carbonyl (C=O) groups is 1. The lowest BCUT2D eigenvalue weighted by Crippen LogP contribution is -2.38. The number of likely N-dealkylation sites (tertiary alicyclic amines) is 1. The first-order valence-corrected chi connectivity index (χ1v) is 7.19. The standard InChI is InChI=1S/C16H19N3O/c20-12-9-13-5-3-4-11-19(13)16-8-10-17-18-15-7-2-1-6-14(15)16/h1-2,6-8,10,12-13,18H,3-5,9,11H2. The Kier molecular flexibility index (Phi) is 3.81. The monoisotopic (exact) mass is 269 g/mol. The van der Waals surface area contributed by atoms with E-state index in [1.807, 2.05) is 24.3 Å². The molecule has 2 aliphatic heterocycles. The molecule has 0 spiro atoms. The van der Waals surface area contributed by atoms with Gasteiger partial charge in [-0.05, 0) is 31.4 Å². The normalized spacial score (nSPS) is 21.5. The third-order valence-corrected chi connectivity index (χ3v) is 4.00. The third-order valence-electron chi connectivity index (χ3n) is 4.00. The number of rotatable bonds is 3. The maximum atomic E-state index is 10.9. The molecule has 2 aliphatic rings. The van der Waals surface area contributed by atoms with Gasteiger partial charge in [0.1, 0.15) is 6.29 Å². The maximum Gasteiger partial charge on any atom is 0.122 e. The minimum absolute atomic E-state index is 0.312. The summed E-state index contributed by atoms with van der Waals surface area (Å²) in [6.45, 7) is 1.01. The molecule has 1 unspecified atom stereocenters. The van der Waals surface area contributed by atoms with Gasteiger partial charge in [0.2, 0.25) is 0 Å². The van der Waals surface area contributed by atoms with Crippen LogP contribution in [0.1, 0.15) is 31.2 Å². The summed E-state index contributed by atoms with van der Waals surface area (Å²) in [6.07, 6.45) is 8.95. The summed E-state index contributed by atoms with van der Waals surface area (Å²) in [7, 11) is 0. The first-order chi connectivity index (χ1) is 9.90. The van der Waals surface area contributed by atoms with Gasteiger partial charge in [-0.1, -0.05) is 18.2 Å². The second-order valence-corrected chi connectivity index (χ2v) is 5.23. The number of benzene rings is 1. The van der Waals surface area contributed by atoms with Crippen LogP contribution in [0.3, 0.4) is 0 Å². The summed E-state index contributed by atoms with van der Waals surface area (Å²) in [5.74, 6) is 0. The zero-order chi connectivity index (χ0) is 13.8. The molecule has 4 nitrogen and oxygen atoms in total. The number of carbonyl (C=O) groups excluding carboxylic acids is 1. The third kappa shape index (κ3) is 2.46. The van der Waals surface area contributed by atoms with Gasteiger partial charge >= 0.3 is 0 Å². The number of nitrogens with one attached hydrogen (secondary N) is 1. The van der Waals surface area contributed by atoms with Crippen molar-refractivity contribution in [1.29, 1.82) is 0 Å². The topological polar surface area (TPSA) is 44.7 Å². The lowest BCUT2D eigenvalue weighted by atomic mass is 9.96. The van der Waals surface area contributed by atoms with Gasteiger partial charge in [-0.15, -0.1) is 0 Å². The molecule has 0 amide bonds. The number of hydrogen-bond donors (Lipinski definition) is 1. The summed E-state index contributed by atoms with van der Waals surface area (Å²) in [5, 5.41) is 4.18. The Morgan fingerprint density at radius 3 is 3.15 bits per heavy atom. The lowest BCUT2D eigenvalue weighted by molar-refractivity contribution is -0.108. The molecule has 0 aromatic heterocycles. The lowest BCUT2D eigenvalue weighted by Gasteiger charge is -2.38. The highest BCUT2D eigenvalue weighted by Gasteiger charge is 2.25. The minimum Gasteiger partial charge on any atom is -0.368 e. The summed E-state index contributed by atoms with van der Waals surface area (Å²) in [6, 6.07) is 8.49. The average molecular weight is 269 g/mol. The predicted octanol–water partition coefficient (Wildman–Crippen LogP) is 2.88. The molecule has 1 aromatic rings. The molecule has 3 rings (SSSR count). The van der Waals surface area contributed by atoms with E-state index in [4.69, 9.17) is 0 Å². The van der Waals surface area contributed by atoms with Gasteiger partial charge in [0, 0.05) is 36.5 Å². The van der Waals surface area contributed by atoms with Crippen LogP contribution >= 0.6 is 0 Å². The van der Waals surface area contributed by atoms with Crippen molar-refractivity contribution in [1.82, 2.24) is 4.90 Å². The van der Waals surface area contributed by atoms with Crippen LogP contribution in [0.4, 0.5) is 5.69 Å². The molecule has 1 fully saturated rings. The van der Waals surface area contributed by atoms with Gasteiger partial charge < -0.3 is 9.69 Å². The molecule has 1 atom stereocenters. The molecule has 2 heterocycles. The fourth-order valence-corrected chi connectivity index (χ4v) is 3.03. The van der Waals surface area contributed by atoms with Crippen LogP contribution in [0, 0.1) is 0 Å². The van der Waals surface area contributed by atoms with Crippen molar-refractivity contribution in [2.24, 2.45) is 5.10 Å². The zero-order valence-corrected chi connectivity index (χ0v) is 11.5. The van der Waals surface area contributed by atoms with Crippen molar-refractivity contribution in [2.45, 2.75) is 31.7 Å². The molecule has 1 N–H and O–H groups in total. The molecule has 0 aliphatic carbocycles. The quantitative estimate of drug-likeness (QED) is 0.858. The van der Waals surface area contributed by atoms with Crippen LogP contribution in [0.2, 0.25) is 0 Å². The predicted molar refractivity (Wildman–Crippen MR) is 81.6 cm³/mol. The van der Waals surface area contributed by atoms with Crippen molar-refractivity contribution < 1.29 is 4.79 Å². The minimum atomic E-state index is 0.312. The smallest absolute Gasteiger partial charge is 0.122 e. The number of anilines is 1. The summed E-state index contributed by atoms with van der Waals surface area (Å²) >= 11 is 0. The van der Waals surface area contributed by atoms with Crippen molar-refractivity contribution in [2.75, 3.05) is 12.0 Å². The van der Waals surface area contributed by atoms with Crippen LogP contribution in [0.15, 0.2) is 35.4 Å². The summed E-state index contributed by atoms with van der Waals surface area (Å²) in [4.78, 5) is 13.3. The van der Waals surface area contributed by atoms with Gasteiger partial charge in [-0.2, -0.15) is 5.10 Å². The number of para-hydroxylation sites is 1. The number of allylic oxidation sites excluding steroid dienone is 1. The Morgan fingerprint density at radius 2 is 2.25 bits per heavy atom. The van der Waals surface area contributed by atoms with Crippen LogP contribution in [0.25, 0.3) is 5.70 Å². The number of piperidine rings is 1. The highest BCUT2D eigenvalue weighted by Crippen LogP contribution is 2.33. The van der Waals surface area contributed by atoms with Gasteiger partial charge in [-0.3, -0.25) is 5.43 Å². The van der Waals surface area contributed by atoms with E-state index in [0.29, 0.717) is 12.5 Å². The SMILES string of the molecule is O=CCC1CCCCN1C1=CC=NNc2ccccc21. The van der Waals surface area contributed by atoms with E-state index in [9.17, 15) is 4.79 Å². The van der Waals surface area contributed by atoms with Crippen LogP contribution < -0.4 is 5.43 Å². The summed E-state index contributed by atoms with van der Waals surface area (Å²) in [5.41, 5.74) is 6.40. The van der Waals surface area contributed by atoms with Crippen LogP contribution in [0.5, 0.6) is 0 Å². The van der Waals surface area contributed by atoms with Crippen molar-refractivity contribution in [3.63, 3.8) is 0 Å². The zero-order valence-electron chi connectivity index (χ0n) is 11.5. The number of nitrogens with zero attached hydrogens (tertiary/aromatic N) is 2. The fourth-order valence-electron chi connectivity index (χ4n) is 3.03. The highest BCUT2D eigenvalue weighted by atomic mass is 16.1. The molecule has 104 valence electrons. The van der Waals surface area contributed by atoms with E-state index in [1.165, 1.54) is 18.5 Å². The molecule has 0 saturated carbocycles. The molecule has 0 radical (unpaired) electrons. The van der Waals surface area contributed by atoms with E-state index < -0.39 is 0 Å². The van der Waals surface area contributed by atoms with Gasteiger partial charge in [0.15, 0.2) is 0 Å². The molecule has 20 heavy (non-hydrogen) atoms. The summed E-state index contributed by atoms with van der Waals surface area (Å²) < 4.78 is 0. The second kappa shape index (κ2) is 5.90. The van der Waals surface area contributed by atoms with E-state index >= 15 is 0 Å². The Balaban J connectivity index is 1.97. The van der Waals surface area contributed by atoms with Gasteiger partial charge in [-0.25, -0.2) is 0 Å². The Bertz CT molecular complexity index is 550. The first kappa shape index (κ1) is 12.9. The number of hydrogen-bond acceptors (Lipinski definition) is 4. The maximum absolute atomic E-state index is 10.9. The van der Waals surface area contributed by atoms with Crippen molar-refractivity contribution in [3.8, 4) is 0 Å². The van der Waals surface area contributed by atoms with Crippen molar-refractivity contribution in [3.05, 3.63) is 35.9 Å². The van der Waals surface area contributed by atoms with Gasteiger partial charge in [0.05, 0.1) is 5.69 Å². The second-order valence-electron chi connectivity index (χ2n) is 5.23. The molecule has 1 aromatic carbocycles. The molecule has 4 heteroatoms. The van der Waals surface area contributed by atoms with E-state index in [-0.39, 0.29) is 0 Å². The van der Waals surface area contributed by atoms with Crippen molar-refractivity contribution >= 4 is 23.9 Å². The van der Waals surface area contributed by atoms with E-state index in [2.05, 4.69) is 21.5 Å². The number of hydrazone groups is 1.